The van der Waals surface area contributed by atoms with Crippen molar-refractivity contribution >= 4 is 22.6 Å². The third-order valence-electron chi connectivity index (χ3n) is 7.37. The van der Waals surface area contributed by atoms with Gasteiger partial charge in [0.1, 0.15) is 0 Å². The Morgan fingerprint density at radius 3 is 2.39 bits per heavy atom. The first kappa shape index (κ1) is 21.4. The molecule has 3 heterocycles. The van der Waals surface area contributed by atoms with Gasteiger partial charge in [0.2, 0.25) is 11.8 Å². The quantitative estimate of drug-likeness (QED) is 0.670. The van der Waals surface area contributed by atoms with Crippen LogP contribution in [0.4, 0.5) is 0 Å². The van der Waals surface area contributed by atoms with Crippen molar-refractivity contribution in [2.75, 3.05) is 13.1 Å². The number of hydrogen-bond donors (Lipinski definition) is 1. The molecule has 0 aliphatic carbocycles. The van der Waals surface area contributed by atoms with Crippen LogP contribution in [0.5, 0.6) is 0 Å². The summed E-state index contributed by atoms with van der Waals surface area (Å²) < 4.78 is 0. The first-order chi connectivity index (χ1) is 16.0. The maximum Gasteiger partial charge on any atom is 0.272 e. The number of amides is 2. The molecule has 1 aromatic heterocycles. The number of benzene rings is 2. The highest BCUT2D eigenvalue weighted by atomic mass is 16.2. The fourth-order valence-electron chi connectivity index (χ4n) is 5.42. The van der Waals surface area contributed by atoms with Crippen LogP contribution in [-0.2, 0) is 16.1 Å². The summed E-state index contributed by atoms with van der Waals surface area (Å²) in [7, 11) is 0. The Hall–Kier alpha value is -3.48. The Kier molecular flexibility index (Phi) is 5.48. The lowest BCUT2D eigenvalue weighted by atomic mass is 9.84. The van der Waals surface area contributed by atoms with E-state index in [1.54, 1.807) is 6.07 Å². The highest BCUT2D eigenvalue weighted by molar-refractivity contribution is 5.91. The van der Waals surface area contributed by atoms with E-state index in [0.29, 0.717) is 42.5 Å². The summed E-state index contributed by atoms with van der Waals surface area (Å²) in [6.45, 7) is 3.70. The number of H-pyrrole nitrogens is 1. The number of aromatic amines is 1. The minimum atomic E-state index is -0.466. The van der Waals surface area contributed by atoms with E-state index in [2.05, 4.69) is 22.3 Å². The zero-order valence-electron chi connectivity index (χ0n) is 18.8. The third-order valence-corrected chi connectivity index (χ3v) is 7.37. The smallest absolute Gasteiger partial charge is 0.272 e. The summed E-state index contributed by atoms with van der Waals surface area (Å²) in [5.74, 6) is -0.254. The summed E-state index contributed by atoms with van der Waals surface area (Å²) in [6.07, 6.45) is 2.99. The van der Waals surface area contributed by atoms with Gasteiger partial charge in [-0.15, -0.1) is 0 Å². The zero-order valence-corrected chi connectivity index (χ0v) is 18.8. The van der Waals surface area contributed by atoms with E-state index in [1.165, 1.54) is 0 Å². The Balaban J connectivity index is 1.32. The summed E-state index contributed by atoms with van der Waals surface area (Å²) in [5.41, 5.74) is 1.31. The van der Waals surface area contributed by atoms with Gasteiger partial charge in [-0.3, -0.25) is 14.4 Å². The SMILES string of the molecule is CC(C(=O)N1CCC2(CCC(=O)N2Cc2ccccc2)CC1)c1n[nH]c(=O)c2ccccc12. The Bertz CT molecular complexity index is 1250. The standard InChI is InChI=1S/C26H28N4O3/c1-18(23-20-9-5-6-10-21(20)24(32)28-27-23)25(33)29-15-13-26(14-16-29)12-11-22(31)30(26)17-19-7-3-2-4-8-19/h2-10,18H,11-17H2,1H3,(H,28,32). The van der Waals surface area contributed by atoms with Crippen molar-refractivity contribution in [2.24, 2.45) is 0 Å². The van der Waals surface area contributed by atoms with Gasteiger partial charge in [-0.25, -0.2) is 5.10 Å². The fourth-order valence-corrected chi connectivity index (χ4v) is 5.42. The number of likely N-dealkylation sites (tertiary alicyclic amines) is 2. The molecule has 2 aliphatic rings. The lowest BCUT2D eigenvalue weighted by Gasteiger charge is -2.45. The summed E-state index contributed by atoms with van der Waals surface area (Å²) in [6, 6.07) is 17.3. The van der Waals surface area contributed by atoms with Gasteiger partial charge >= 0.3 is 0 Å². The molecule has 2 aliphatic heterocycles. The van der Waals surface area contributed by atoms with Crippen molar-refractivity contribution in [3.63, 3.8) is 0 Å². The largest absolute Gasteiger partial charge is 0.342 e. The molecule has 7 nitrogen and oxygen atoms in total. The number of fused-ring (bicyclic) bond motifs is 1. The van der Waals surface area contributed by atoms with Gasteiger partial charge in [-0.2, -0.15) is 5.10 Å². The number of piperidine rings is 1. The first-order valence-electron chi connectivity index (χ1n) is 11.6. The van der Waals surface area contributed by atoms with E-state index in [1.807, 2.05) is 53.1 Å². The summed E-state index contributed by atoms with van der Waals surface area (Å²) >= 11 is 0. The number of carbonyl (C=O) groups is 2. The number of aromatic nitrogens is 2. The van der Waals surface area contributed by atoms with Crippen LogP contribution in [-0.4, -0.2) is 50.4 Å². The second-order valence-electron chi connectivity index (χ2n) is 9.22. The molecule has 0 radical (unpaired) electrons. The van der Waals surface area contributed by atoms with E-state index < -0.39 is 5.92 Å². The Morgan fingerprint density at radius 2 is 1.67 bits per heavy atom. The molecule has 2 fully saturated rings. The topological polar surface area (TPSA) is 86.4 Å². The van der Waals surface area contributed by atoms with Crippen LogP contribution in [0.3, 0.4) is 0 Å². The molecule has 5 rings (SSSR count). The van der Waals surface area contributed by atoms with Crippen LogP contribution in [0.1, 0.15) is 49.8 Å². The minimum Gasteiger partial charge on any atom is -0.342 e. The molecular weight excluding hydrogens is 416 g/mol. The second kappa shape index (κ2) is 8.46. The molecule has 170 valence electrons. The van der Waals surface area contributed by atoms with Crippen molar-refractivity contribution in [3.05, 3.63) is 76.2 Å². The number of nitrogens with zero attached hydrogens (tertiary/aromatic N) is 3. The molecule has 2 amide bonds. The minimum absolute atomic E-state index is 0.00786. The highest BCUT2D eigenvalue weighted by Gasteiger charge is 2.47. The van der Waals surface area contributed by atoms with E-state index in [0.717, 1.165) is 24.8 Å². The van der Waals surface area contributed by atoms with Crippen molar-refractivity contribution in [2.45, 2.75) is 50.6 Å². The molecule has 1 atom stereocenters. The Labute approximate surface area is 192 Å². The molecule has 0 saturated carbocycles. The van der Waals surface area contributed by atoms with Crippen molar-refractivity contribution in [1.82, 2.24) is 20.0 Å². The maximum absolute atomic E-state index is 13.4. The molecule has 2 aromatic carbocycles. The van der Waals surface area contributed by atoms with Crippen molar-refractivity contribution < 1.29 is 9.59 Å². The van der Waals surface area contributed by atoms with E-state index in [-0.39, 0.29) is 22.9 Å². The normalized spacial score (nSPS) is 18.8. The van der Waals surface area contributed by atoms with Gasteiger partial charge in [0.05, 0.1) is 17.0 Å². The molecule has 33 heavy (non-hydrogen) atoms. The van der Waals surface area contributed by atoms with Crippen LogP contribution in [0.2, 0.25) is 0 Å². The average Bonchev–Trinajstić information content (AvgIpc) is 3.14. The molecule has 0 bridgehead atoms. The third kappa shape index (κ3) is 3.81. The van der Waals surface area contributed by atoms with E-state index in [4.69, 9.17) is 0 Å². The van der Waals surface area contributed by atoms with Gasteiger partial charge in [-0.1, -0.05) is 48.5 Å². The van der Waals surface area contributed by atoms with Gasteiger partial charge in [0.25, 0.3) is 5.56 Å². The fraction of sp³-hybridized carbons (Fsp3) is 0.385. The van der Waals surface area contributed by atoms with E-state index >= 15 is 0 Å². The molecule has 1 unspecified atom stereocenters. The molecule has 1 spiro atoms. The lowest BCUT2D eigenvalue weighted by Crippen LogP contribution is -2.54. The maximum atomic E-state index is 13.4. The predicted molar refractivity (Wildman–Crippen MR) is 126 cm³/mol. The van der Waals surface area contributed by atoms with Crippen molar-refractivity contribution in [1.29, 1.82) is 0 Å². The number of carbonyl (C=O) groups excluding carboxylic acids is 2. The van der Waals surface area contributed by atoms with Crippen LogP contribution in [0.15, 0.2) is 59.4 Å². The van der Waals surface area contributed by atoms with Gasteiger partial charge in [-0.05, 0) is 37.8 Å². The molecule has 2 saturated heterocycles. The monoisotopic (exact) mass is 444 g/mol. The van der Waals surface area contributed by atoms with Crippen LogP contribution < -0.4 is 5.56 Å². The van der Waals surface area contributed by atoms with Crippen LogP contribution >= 0.6 is 0 Å². The number of rotatable bonds is 4. The van der Waals surface area contributed by atoms with Crippen LogP contribution in [0, 0.1) is 0 Å². The predicted octanol–water partition coefficient (Wildman–Crippen LogP) is 3.21. The van der Waals surface area contributed by atoms with Crippen molar-refractivity contribution in [3.8, 4) is 0 Å². The lowest BCUT2D eigenvalue weighted by molar-refractivity contribution is -0.137. The van der Waals surface area contributed by atoms with Crippen LogP contribution in [0.25, 0.3) is 10.8 Å². The van der Waals surface area contributed by atoms with Gasteiger partial charge in [0.15, 0.2) is 0 Å². The second-order valence-corrected chi connectivity index (χ2v) is 9.22. The molecular formula is C26H28N4O3. The molecule has 1 N–H and O–H groups in total. The summed E-state index contributed by atoms with van der Waals surface area (Å²) in [5, 5.41) is 8.01. The number of hydrogen-bond acceptors (Lipinski definition) is 4. The highest BCUT2D eigenvalue weighted by Crippen LogP contribution is 2.40. The molecule has 7 heteroatoms. The van der Waals surface area contributed by atoms with Gasteiger partial charge in [0, 0.05) is 37.0 Å². The Morgan fingerprint density at radius 1 is 1.00 bits per heavy atom. The zero-order chi connectivity index (χ0) is 23.0. The summed E-state index contributed by atoms with van der Waals surface area (Å²) in [4.78, 5) is 42.1. The average molecular weight is 445 g/mol. The number of nitrogens with one attached hydrogen (secondary N) is 1. The molecule has 3 aromatic rings. The van der Waals surface area contributed by atoms with Gasteiger partial charge < -0.3 is 9.80 Å². The first-order valence-corrected chi connectivity index (χ1v) is 11.6. The van der Waals surface area contributed by atoms with E-state index in [9.17, 15) is 14.4 Å².